The topological polar surface area (TPSA) is 86.9 Å². The molecule has 0 aliphatic rings. The minimum atomic E-state index is -3.98. The molecule has 3 N–H and O–H groups in total. The van der Waals surface area contributed by atoms with Crippen molar-refractivity contribution in [2.45, 2.75) is 4.90 Å². The van der Waals surface area contributed by atoms with Crippen LogP contribution < -0.4 is 10.6 Å². The lowest BCUT2D eigenvalue weighted by atomic mass is 10.2. The van der Waals surface area contributed by atoms with Crippen molar-refractivity contribution in [2.24, 2.45) is 5.73 Å². The van der Waals surface area contributed by atoms with Gasteiger partial charge in [0.2, 0.25) is 10.0 Å². The van der Waals surface area contributed by atoms with Gasteiger partial charge in [0.05, 0.1) is 16.4 Å². The molecule has 0 bridgehead atoms. The second kappa shape index (κ2) is 7.46. The second-order valence-electron chi connectivity index (χ2n) is 5.16. The van der Waals surface area contributed by atoms with Crippen LogP contribution in [0.3, 0.4) is 0 Å². The SMILES string of the molecule is CN(C)S(=O)(=O)c1c(Cl)ccc(N(C(N)=S)c2ccccc2Br)c1O. The molecule has 10 heteroatoms. The van der Waals surface area contributed by atoms with E-state index in [9.17, 15) is 13.5 Å². The number of anilines is 2. The molecular formula is C15H15BrClN3O3S2. The lowest BCUT2D eigenvalue weighted by molar-refractivity contribution is 0.454. The Morgan fingerprint density at radius 3 is 2.32 bits per heavy atom. The van der Waals surface area contributed by atoms with E-state index in [2.05, 4.69) is 15.9 Å². The quantitative estimate of drug-likeness (QED) is 0.674. The van der Waals surface area contributed by atoms with Crippen LogP contribution in [0.15, 0.2) is 45.8 Å². The van der Waals surface area contributed by atoms with Crippen LogP contribution in [0.5, 0.6) is 5.75 Å². The summed E-state index contributed by atoms with van der Waals surface area (Å²) in [5, 5.41) is 10.5. The lowest BCUT2D eigenvalue weighted by Gasteiger charge is -2.26. The zero-order valence-corrected chi connectivity index (χ0v) is 17.2. The minimum absolute atomic E-state index is 0.0716. The molecule has 0 aliphatic carbocycles. The monoisotopic (exact) mass is 463 g/mol. The normalized spacial score (nSPS) is 11.6. The number of para-hydroxylation sites is 1. The number of aromatic hydroxyl groups is 1. The molecule has 0 fully saturated rings. The summed E-state index contributed by atoms with van der Waals surface area (Å²) < 4.78 is 26.6. The predicted octanol–water partition coefficient (Wildman–Crippen LogP) is 3.44. The van der Waals surface area contributed by atoms with Gasteiger partial charge in [0.25, 0.3) is 0 Å². The standard InChI is InChI=1S/C15H15BrClN3O3S2/c1-19(2)25(22,23)14-10(17)7-8-12(13(14)21)20(15(18)24)11-6-4-3-5-9(11)16/h3-8,21H,1-2H3,(H2,18,24). The zero-order chi connectivity index (χ0) is 18.9. The maximum atomic E-state index is 12.5. The molecule has 0 atom stereocenters. The number of sulfonamides is 1. The Bertz CT molecular complexity index is 936. The van der Waals surface area contributed by atoms with Crippen molar-refractivity contribution in [3.63, 3.8) is 0 Å². The number of benzene rings is 2. The Balaban J connectivity index is 2.78. The first-order valence-electron chi connectivity index (χ1n) is 6.87. The third-order valence-corrected chi connectivity index (χ3v) is 6.53. The van der Waals surface area contributed by atoms with Crippen LogP contribution in [0.2, 0.25) is 5.02 Å². The average molecular weight is 465 g/mol. The van der Waals surface area contributed by atoms with E-state index in [-0.39, 0.29) is 15.8 Å². The van der Waals surface area contributed by atoms with E-state index in [4.69, 9.17) is 29.6 Å². The Kier molecular flexibility index (Phi) is 5.95. The molecule has 2 aromatic carbocycles. The first-order valence-corrected chi connectivity index (χ1v) is 9.89. The minimum Gasteiger partial charge on any atom is -0.504 e. The summed E-state index contributed by atoms with van der Waals surface area (Å²) in [7, 11) is -1.30. The van der Waals surface area contributed by atoms with Gasteiger partial charge in [-0.1, -0.05) is 23.7 Å². The summed E-state index contributed by atoms with van der Waals surface area (Å²) in [6.07, 6.45) is 0. The highest BCUT2D eigenvalue weighted by Crippen LogP contribution is 2.43. The maximum Gasteiger partial charge on any atom is 0.247 e. The maximum absolute atomic E-state index is 12.5. The van der Waals surface area contributed by atoms with Crippen LogP contribution in [-0.2, 0) is 10.0 Å². The molecule has 0 saturated heterocycles. The Morgan fingerprint density at radius 1 is 1.20 bits per heavy atom. The number of phenolic OH excluding ortho intramolecular Hbond substituents is 1. The van der Waals surface area contributed by atoms with Crippen LogP contribution in [-0.4, -0.2) is 37.0 Å². The highest BCUT2D eigenvalue weighted by atomic mass is 79.9. The van der Waals surface area contributed by atoms with Crippen LogP contribution >= 0.6 is 39.7 Å². The first kappa shape index (κ1) is 19.9. The summed E-state index contributed by atoms with van der Waals surface area (Å²) >= 11 is 14.5. The van der Waals surface area contributed by atoms with Gasteiger partial charge in [-0.05, 0) is 52.4 Å². The fourth-order valence-corrected chi connectivity index (χ4v) is 4.28. The summed E-state index contributed by atoms with van der Waals surface area (Å²) in [6, 6.07) is 9.87. The molecule has 0 aliphatic heterocycles. The number of thiocarbonyl (C=S) groups is 1. The number of hydrogen-bond donors (Lipinski definition) is 2. The number of hydrogen-bond acceptors (Lipinski definition) is 4. The van der Waals surface area contributed by atoms with Gasteiger partial charge in [-0.3, -0.25) is 4.90 Å². The molecule has 0 spiro atoms. The van der Waals surface area contributed by atoms with Crippen LogP contribution in [0.1, 0.15) is 0 Å². The van der Waals surface area contributed by atoms with E-state index >= 15 is 0 Å². The average Bonchev–Trinajstić information content (AvgIpc) is 2.51. The third-order valence-electron chi connectivity index (χ3n) is 3.36. The third kappa shape index (κ3) is 3.75. The Hall–Kier alpha value is -1.39. The predicted molar refractivity (Wildman–Crippen MR) is 107 cm³/mol. The molecule has 134 valence electrons. The fraction of sp³-hybridized carbons (Fsp3) is 0.133. The van der Waals surface area contributed by atoms with Crippen molar-refractivity contribution in [3.05, 3.63) is 45.9 Å². The van der Waals surface area contributed by atoms with E-state index < -0.39 is 20.7 Å². The van der Waals surface area contributed by atoms with Gasteiger partial charge in [0, 0.05) is 18.6 Å². The highest BCUT2D eigenvalue weighted by Gasteiger charge is 2.29. The van der Waals surface area contributed by atoms with E-state index in [1.54, 1.807) is 24.3 Å². The Labute approximate surface area is 165 Å². The van der Waals surface area contributed by atoms with E-state index in [1.165, 1.54) is 31.1 Å². The van der Waals surface area contributed by atoms with Gasteiger partial charge < -0.3 is 10.8 Å². The molecule has 6 nitrogen and oxygen atoms in total. The number of nitrogens with two attached hydrogens (primary N) is 1. The highest BCUT2D eigenvalue weighted by molar-refractivity contribution is 9.10. The molecule has 0 saturated carbocycles. The van der Waals surface area contributed by atoms with E-state index in [0.717, 1.165) is 4.31 Å². The summed E-state index contributed by atoms with van der Waals surface area (Å²) in [5.74, 6) is -0.537. The Morgan fingerprint density at radius 2 is 1.80 bits per heavy atom. The van der Waals surface area contributed by atoms with Gasteiger partial charge in [-0.2, -0.15) is 0 Å². The van der Waals surface area contributed by atoms with E-state index in [0.29, 0.717) is 10.2 Å². The van der Waals surface area contributed by atoms with Crippen molar-refractivity contribution in [1.29, 1.82) is 0 Å². The molecule has 0 amide bonds. The molecule has 2 rings (SSSR count). The van der Waals surface area contributed by atoms with Gasteiger partial charge in [0.1, 0.15) is 4.90 Å². The summed E-state index contributed by atoms with van der Waals surface area (Å²) in [6.45, 7) is 0. The van der Waals surface area contributed by atoms with Gasteiger partial charge in [-0.25, -0.2) is 12.7 Å². The van der Waals surface area contributed by atoms with Crippen molar-refractivity contribution >= 4 is 66.3 Å². The largest absolute Gasteiger partial charge is 0.504 e. The van der Waals surface area contributed by atoms with Gasteiger partial charge in [-0.15, -0.1) is 0 Å². The smallest absolute Gasteiger partial charge is 0.247 e. The number of phenols is 1. The molecule has 0 radical (unpaired) electrons. The molecule has 25 heavy (non-hydrogen) atoms. The fourth-order valence-electron chi connectivity index (χ4n) is 2.14. The van der Waals surface area contributed by atoms with Crippen LogP contribution in [0.25, 0.3) is 0 Å². The van der Waals surface area contributed by atoms with Crippen molar-refractivity contribution < 1.29 is 13.5 Å². The van der Waals surface area contributed by atoms with E-state index in [1.807, 2.05) is 0 Å². The molecular weight excluding hydrogens is 450 g/mol. The van der Waals surface area contributed by atoms with Gasteiger partial charge >= 0.3 is 0 Å². The van der Waals surface area contributed by atoms with Crippen molar-refractivity contribution in [3.8, 4) is 5.75 Å². The molecule has 0 aromatic heterocycles. The number of halogens is 2. The lowest BCUT2D eigenvalue weighted by Crippen LogP contribution is -2.32. The molecule has 0 heterocycles. The molecule has 2 aromatic rings. The van der Waals surface area contributed by atoms with Crippen molar-refractivity contribution in [2.75, 3.05) is 19.0 Å². The van der Waals surface area contributed by atoms with Crippen molar-refractivity contribution in [1.82, 2.24) is 4.31 Å². The molecule has 0 unspecified atom stereocenters. The van der Waals surface area contributed by atoms with Crippen LogP contribution in [0, 0.1) is 0 Å². The second-order valence-corrected chi connectivity index (χ2v) is 8.93. The number of rotatable bonds is 4. The number of nitrogens with zero attached hydrogens (tertiary/aromatic N) is 2. The first-order chi connectivity index (χ1) is 11.6. The summed E-state index contributed by atoms with van der Waals surface area (Å²) in [4.78, 5) is 0.949. The van der Waals surface area contributed by atoms with Gasteiger partial charge in [0.15, 0.2) is 10.9 Å². The summed E-state index contributed by atoms with van der Waals surface area (Å²) in [5.41, 5.74) is 6.47. The van der Waals surface area contributed by atoms with Crippen LogP contribution in [0.4, 0.5) is 11.4 Å². The zero-order valence-electron chi connectivity index (χ0n) is 13.3.